The second-order valence-electron chi connectivity index (χ2n) is 11.7. The number of carbonyl (C=O) groups excluding carboxylic acids is 1. The number of likely N-dealkylation sites (tertiary alicyclic amines) is 1. The van der Waals surface area contributed by atoms with Gasteiger partial charge in [0.1, 0.15) is 5.60 Å². The molecule has 0 aliphatic carbocycles. The maximum atomic E-state index is 12.4. The molecule has 7 heteroatoms. The van der Waals surface area contributed by atoms with Gasteiger partial charge in [-0.2, -0.15) is 0 Å². The van der Waals surface area contributed by atoms with Crippen molar-refractivity contribution in [3.63, 3.8) is 0 Å². The van der Waals surface area contributed by atoms with Crippen molar-refractivity contribution in [1.82, 2.24) is 14.9 Å². The van der Waals surface area contributed by atoms with Crippen LogP contribution in [0.5, 0.6) is 0 Å². The lowest BCUT2D eigenvalue weighted by Crippen LogP contribution is -2.44. The van der Waals surface area contributed by atoms with Gasteiger partial charge in [0.25, 0.3) is 0 Å². The molecule has 5 rings (SSSR count). The number of hydrogen-bond donors (Lipinski definition) is 3. The van der Waals surface area contributed by atoms with Crippen molar-refractivity contribution in [3.05, 3.63) is 65.5 Å². The summed E-state index contributed by atoms with van der Waals surface area (Å²) < 4.78 is 5.51. The van der Waals surface area contributed by atoms with Gasteiger partial charge >= 0.3 is 6.09 Å². The quantitative estimate of drug-likeness (QED) is 0.245. The largest absolute Gasteiger partial charge is 0.444 e. The summed E-state index contributed by atoms with van der Waals surface area (Å²) in [4.78, 5) is 22.3. The molecule has 1 saturated heterocycles. The van der Waals surface area contributed by atoms with E-state index in [0.717, 1.165) is 57.8 Å². The third-order valence-corrected chi connectivity index (χ3v) is 7.32. The minimum absolute atomic E-state index is 0.239. The maximum Gasteiger partial charge on any atom is 0.410 e. The second kappa shape index (κ2) is 10.3. The predicted molar refractivity (Wildman–Crippen MR) is 160 cm³/mol. The Kier molecular flexibility index (Phi) is 7.02. The van der Waals surface area contributed by atoms with Crippen LogP contribution < -0.4 is 11.1 Å². The van der Waals surface area contributed by atoms with Crippen molar-refractivity contribution in [2.75, 3.05) is 24.1 Å². The zero-order valence-electron chi connectivity index (χ0n) is 23.8. The molecule has 0 radical (unpaired) electrons. The zero-order chi connectivity index (χ0) is 27.9. The van der Waals surface area contributed by atoms with Crippen LogP contribution in [0.15, 0.2) is 48.5 Å². The summed E-state index contributed by atoms with van der Waals surface area (Å²) in [5.74, 6) is 0. The van der Waals surface area contributed by atoms with Gasteiger partial charge < -0.3 is 25.7 Å². The number of rotatable bonds is 4. The number of ether oxygens (including phenoxy) is 1. The van der Waals surface area contributed by atoms with E-state index >= 15 is 0 Å². The molecule has 4 aromatic rings. The molecule has 0 atom stereocenters. The van der Waals surface area contributed by atoms with Gasteiger partial charge in [-0.25, -0.2) is 4.79 Å². The first-order chi connectivity index (χ1) is 18.5. The molecule has 0 bridgehead atoms. The Balaban J connectivity index is 1.29. The highest BCUT2D eigenvalue weighted by molar-refractivity contribution is 5.93. The molecule has 204 valence electrons. The highest BCUT2D eigenvalue weighted by Gasteiger charge is 2.27. The first-order valence-corrected chi connectivity index (χ1v) is 13.7. The summed E-state index contributed by atoms with van der Waals surface area (Å²) >= 11 is 0. The molecular formula is C32H39N5O2. The van der Waals surface area contributed by atoms with Crippen molar-refractivity contribution in [2.45, 2.75) is 66.0 Å². The van der Waals surface area contributed by atoms with Crippen LogP contribution in [0.25, 0.3) is 33.3 Å². The number of aromatic nitrogens is 2. The number of hydrogen-bond acceptors (Lipinski definition) is 5. The minimum Gasteiger partial charge on any atom is -0.444 e. The molecule has 0 spiro atoms. The summed E-state index contributed by atoms with van der Waals surface area (Å²) in [5.41, 5.74) is 16.5. The molecule has 7 nitrogen and oxygen atoms in total. The number of anilines is 2. The Morgan fingerprint density at radius 1 is 0.974 bits per heavy atom. The van der Waals surface area contributed by atoms with Crippen molar-refractivity contribution in [1.29, 1.82) is 0 Å². The first kappa shape index (κ1) is 26.6. The Hall–Kier alpha value is -4.00. The monoisotopic (exact) mass is 525 g/mol. The van der Waals surface area contributed by atoms with Crippen molar-refractivity contribution in [2.24, 2.45) is 0 Å². The fraction of sp³-hybridized carbons (Fsp3) is 0.375. The number of nitrogens with two attached hydrogens (primary N) is 1. The van der Waals surface area contributed by atoms with Crippen molar-refractivity contribution < 1.29 is 9.53 Å². The summed E-state index contributed by atoms with van der Waals surface area (Å²) in [7, 11) is 0. The number of nitrogen functional groups attached to an aromatic ring is 1. The van der Waals surface area contributed by atoms with E-state index in [0.29, 0.717) is 18.8 Å². The molecule has 39 heavy (non-hydrogen) atoms. The number of H-pyrrole nitrogens is 1. The fourth-order valence-electron chi connectivity index (χ4n) is 5.41. The Labute approximate surface area is 230 Å². The number of nitrogens with zero attached hydrogens (tertiary/aromatic N) is 2. The van der Waals surface area contributed by atoms with Crippen LogP contribution in [-0.2, 0) is 4.74 Å². The van der Waals surface area contributed by atoms with E-state index in [-0.39, 0.29) is 12.1 Å². The van der Waals surface area contributed by atoms with Crippen LogP contribution in [0.4, 0.5) is 16.2 Å². The minimum atomic E-state index is -0.479. The van der Waals surface area contributed by atoms with Gasteiger partial charge in [-0.1, -0.05) is 18.2 Å². The number of carbonyl (C=O) groups is 1. The van der Waals surface area contributed by atoms with Gasteiger partial charge in [-0.05, 0) is 101 Å². The van der Waals surface area contributed by atoms with Crippen LogP contribution in [-0.4, -0.2) is 45.7 Å². The summed E-state index contributed by atoms with van der Waals surface area (Å²) in [6.07, 6.45) is 1.46. The third-order valence-electron chi connectivity index (χ3n) is 7.32. The number of nitrogens with one attached hydrogen (secondary N) is 2. The molecule has 1 amide bonds. The summed E-state index contributed by atoms with van der Waals surface area (Å²) in [6, 6.07) is 17.2. The van der Waals surface area contributed by atoms with Crippen LogP contribution in [0, 0.1) is 20.8 Å². The zero-order valence-corrected chi connectivity index (χ0v) is 23.8. The topological polar surface area (TPSA) is 96.3 Å². The van der Waals surface area contributed by atoms with Gasteiger partial charge in [0.2, 0.25) is 0 Å². The maximum absolute atomic E-state index is 12.4. The number of piperidine rings is 1. The number of benzene rings is 2. The second-order valence-corrected chi connectivity index (χ2v) is 11.7. The molecule has 4 N–H and O–H groups in total. The molecule has 2 aromatic heterocycles. The molecule has 0 unspecified atom stereocenters. The van der Waals surface area contributed by atoms with Gasteiger partial charge in [0.05, 0.1) is 11.4 Å². The average Bonchev–Trinajstić information content (AvgIpc) is 3.20. The van der Waals surface area contributed by atoms with E-state index in [4.69, 9.17) is 10.5 Å². The Bertz CT molecular complexity index is 1500. The molecule has 2 aromatic carbocycles. The van der Waals surface area contributed by atoms with Crippen LogP contribution in [0.1, 0.15) is 50.6 Å². The van der Waals surface area contributed by atoms with E-state index in [1.807, 2.05) is 40.7 Å². The fourth-order valence-corrected chi connectivity index (χ4v) is 5.41. The first-order valence-electron chi connectivity index (χ1n) is 13.7. The van der Waals surface area contributed by atoms with Crippen LogP contribution >= 0.6 is 0 Å². The lowest BCUT2D eigenvalue weighted by atomic mass is 10.0. The van der Waals surface area contributed by atoms with Gasteiger partial charge in [0.15, 0.2) is 0 Å². The molecular weight excluding hydrogens is 486 g/mol. The lowest BCUT2D eigenvalue weighted by molar-refractivity contribution is 0.0210. The molecule has 3 heterocycles. The van der Waals surface area contributed by atoms with Gasteiger partial charge in [-0.3, -0.25) is 4.98 Å². The highest BCUT2D eigenvalue weighted by atomic mass is 16.6. The standard InChI is InChI=1S/C32H39N5O2/c1-19-15-24(16-20(2)34-19)30-21(3)26-9-7-23(18-29(26)36-30)22-8-10-28(27(33)17-22)35-25-11-13-37(14-12-25)31(38)39-32(4,5)6/h7-10,15-18,25,35-36H,11-14,33H2,1-6H3. The summed E-state index contributed by atoms with van der Waals surface area (Å²) in [5, 5.41) is 4.80. The SMILES string of the molecule is Cc1cc(-c2[nH]c3cc(-c4ccc(NC5CCN(C(=O)OC(C)(C)C)CC5)c(N)c4)ccc3c2C)cc(C)n1. The molecule has 1 fully saturated rings. The third kappa shape index (κ3) is 5.87. The number of aryl methyl sites for hydroxylation is 3. The summed E-state index contributed by atoms with van der Waals surface area (Å²) in [6.45, 7) is 13.2. The highest BCUT2D eigenvalue weighted by Crippen LogP contribution is 2.34. The number of amides is 1. The van der Waals surface area contributed by atoms with Crippen molar-refractivity contribution in [3.8, 4) is 22.4 Å². The number of aromatic amines is 1. The van der Waals surface area contributed by atoms with E-state index in [9.17, 15) is 4.79 Å². The van der Waals surface area contributed by atoms with Crippen LogP contribution in [0.2, 0.25) is 0 Å². The number of fused-ring (bicyclic) bond motifs is 1. The van der Waals surface area contributed by atoms with Gasteiger partial charge in [0, 0.05) is 52.7 Å². The predicted octanol–water partition coefficient (Wildman–Crippen LogP) is 7.22. The Morgan fingerprint density at radius 2 is 1.62 bits per heavy atom. The van der Waals surface area contributed by atoms with Gasteiger partial charge in [-0.15, -0.1) is 0 Å². The lowest BCUT2D eigenvalue weighted by Gasteiger charge is -2.34. The number of pyridine rings is 1. The Morgan fingerprint density at radius 3 is 2.26 bits per heavy atom. The van der Waals surface area contributed by atoms with E-state index in [1.54, 1.807) is 4.90 Å². The molecule has 1 aliphatic rings. The average molecular weight is 526 g/mol. The molecule has 1 aliphatic heterocycles. The normalized spacial score (nSPS) is 14.6. The van der Waals surface area contributed by atoms with Crippen molar-refractivity contribution >= 4 is 28.4 Å². The molecule has 0 saturated carbocycles. The van der Waals surface area contributed by atoms with Crippen LogP contribution in [0.3, 0.4) is 0 Å². The van der Waals surface area contributed by atoms with E-state index in [2.05, 4.69) is 64.7 Å². The van der Waals surface area contributed by atoms with E-state index < -0.39 is 5.60 Å². The smallest absolute Gasteiger partial charge is 0.410 e. The van der Waals surface area contributed by atoms with E-state index in [1.165, 1.54) is 10.9 Å².